The molecule has 10 nitrogen and oxygen atoms in total. The van der Waals surface area contributed by atoms with Crippen molar-refractivity contribution in [2.24, 2.45) is 5.73 Å². The van der Waals surface area contributed by atoms with Gasteiger partial charge in [-0.1, -0.05) is 0 Å². The molecule has 2 aromatic carbocycles. The van der Waals surface area contributed by atoms with Crippen LogP contribution in [0.25, 0.3) is 0 Å². The number of aliphatic hydroxyl groups is 1. The van der Waals surface area contributed by atoms with E-state index >= 15 is 0 Å². The highest BCUT2D eigenvalue weighted by molar-refractivity contribution is 5.96. The van der Waals surface area contributed by atoms with Crippen molar-refractivity contribution in [1.29, 1.82) is 0 Å². The van der Waals surface area contributed by atoms with Crippen LogP contribution in [-0.4, -0.2) is 55.2 Å². The number of carbonyl (C=O) groups is 4. The second-order valence-corrected chi connectivity index (χ2v) is 7.12. The van der Waals surface area contributed by atoms with Gasteiger partial charge in [-0.3, -0.25) is 14.4 Å². The predicted molar refractivity (Wildman–Crippen MR) is 132 cm³/mol. The lowest BCUT2D eigenvalue weighted by Gasteiger charge is -2.04. The quantitative estimate of drug-likeness (QED) is 0.121. The maximum Gasteiger partial charge on any atom is 0.332 e. The number of aliphatic hydroxyl groups excluding tert-OH is 1. The SMILES string of the molecule is CC(=O)O.CO.COC(=O)/C=C(\N)Cc1cc(F)c(F)cc1F.COC(=O)CC(=O)Cc1cc(F)c(F)cc1F.N. The molecule has 0 saturated heterocycles. The number of allylic oxidation sites excluding steroid dienone is 1. The third-order valence-electron chi connectivity index (χ3n) is 4.03. The number of aliphatic carboxylic acids is 1. The average Bonchev–Trinajstić information content (AvgIpc) is 2.86. The van der Waals surface area contributed by atoms with Gasteiger partial charge in [-0.05, 0) is 23.3 Å². The maximum absolute atomic E-state index is 13.2. The number of esters is 2. The van der Waals surface area contributed by atoms with E-state index in [4.69, 9.17) is 20.7 Å². The first-order chi connectivity index (χ1) is 18.6. The molecule has 0 spiro atoms. The van der Waals surface area contributed by atoms with E-state index in [0.717, 1.165) is 34.3 Å². The van der Waals surface area contributed by atoms with Crippen molar-refractivity contribution >= 4 is 23.7 Å². The number of carboxylic acid groups (broad SMARTS) is 1. The molecule has 0 fully saturated rings. The van der Waals surface area contributed by atoms with Gasteiger partial charge in [0, 0.05) is 50.8 Å². The van der Waals surface area contributed by atoms with E-state index < -0.39 is 71.4 Å². The van der Waals surface area contributed by atoms with E-state index in [1.165, 1.54) is 0 Å². The predicted octanol–water partition coefficient (Wildman–Crippen LogP) is 3.30. The smallest absolute Gasteiger partial charge is 0.332 e. The van der Waals surface area contributed by atoms with Gasteiger partial charge in [-0.15, -0.1) is 0 Å². The normalized spacial score (nSPS) is 9.68. The van der Waals surface area contributed by atoms with Crippen LogP contribution in [0.2, 0.25) is 0 Å². The van der Waals surface area contributed by atoms with Gasteiger partial charge in [0.1, 0.15) is 23.8 Å². The van der Waals surface area contributed by atoms with E-state index in [2.05, 4.69) is 9.47 Å². The zero-order chi connectivity index (χ0) is 31.6. The number of carboxylic acids is 1. The minimum absolute atomic E-state index is 0. The Kier molecular flexibility index (Phi) is 21.4. The van der Waals surface area contributed by atoms with Crippen LogP contribution in [0, 0.1) is 34.9 Å². The molecule has 0 aliphatic rings. The van der Waals surface area contributed by atoms with E-state index in [1.54, 1.807) is 0 Å². The molecule has 2 rings (SSSR count). The summed E-state index contributed by atoms with van der Waals surface area (Å²) in [6, 6.07) is 2.08. The van der Waals surface area contributed by atoms with Gasteiger partial charge in [0.25, 0.3) is 5.97 Å². The Hall–Kier alpha value is -4.44. The fourth-order valence-electron chi connectivity index (χ4n) is 2.39. The lowest BCUT2D eigenvalue weighted by Crippen LogP contribution is -2.12. The number of halogens is 6. The van der Waals surface area contributed by atoms with Crippen LogP contribution in [0.3, 0.4) is 0 Å². The number of ether oxygens (including phenoxy) is 2. The van der Waals surface area contributed by atoms with Crippen LogP contribution in [0.5, 0.6) is 0 Å². The zero-order valence-electron chi connectivity index (χ0n) is 22.4. The average molecular weight is 601 g/mol. The number of Topliss-reactive ketones (excluding diaryl/α,β-unsaturated/α-hetero) is 1. The third kappa shape index (κ3) is 17.7. The molecule has 0 aromatic heterocycles. The second kappa shape index (κ2) is 21.4. The number of benzene rings is 2. The molecule has 0 saturated carbocycles. The van der Waals surface area contributed by atoms with Gasteiger partial charge in [0.15, 0.2) is 23.3 Å². The molecule has 2 aromatic rings. The first-order valence-corrected chi connectivity index (χ1v) is 10.6. The van der Waals surface area contributed by atoms with Crippen LogP contribution in [-0.2, 0) is 41.5 Å². The molecule has 0 heterocycles. The molecule has 16 heteroatoms. The van der Waals surface area contributed by atoms with Crippen molar-refractivity contribution in [3.8, 4) is 0 Å². The summed E-state index contributed by atoms with van der Waals surface area (Å²) < 4.78 is 85.7. The summed E-state index contributed by atoms with van der Waals surface area (Å²) in [4.78, 5) is 41.8. The van der Waals surface area contributed by atoms with Crippen LogP contribution in [0.4, 0.5) is 26.3 Å². The highest BCUT2D eigenvalue weighted by atomic mass is 19.2. The van der Waals surface area contributed by atoms with Gasteiger partial charge < -0.3 is 31.6 Å². The Labute approximate surface area is 230 Å². The first-order valence-electron chi connectivity index (χ1n) is 10.6. The number of hydrogen-bond donors (Lipinski definition) is 4. The number of ketones is 1. The van der Waals surface area contributed by atoms with Crippen molar-refractivity contribution in [1.82, 2.24) is 6.15 Å². The van der Waals surface area contributed by atoms with Crippen LogP contribution < -0.4 is 11.9 Å². The van der Waals surface area contributed by atoms with E-state index in [0.29, 0.717) is 24.3 Å². The Bertz CT molecular complexity index is 1210. The Balaban J connectivity index is -0.000000579. The Morgan fingerprint density at radius 1 is 0.756 bits per heavy atom. The monoisotopic (exact) mass is 600 g/mol. The molecule has 230 valence electrons. The largest absolute Gasteiger partial charge is 0.481 e. The van der Waals surface area contributed by atoms with Gasteiger partial charge in [0.05, 0.1) is 14.2 Å². The van der Waals surface area contributed by atoms with E-state index in [9.17, 15) is 40.7 Å². The summed E-state index contributed by atoms with van der Waals surface area (Å²) in [7, 11) is 3.26. The summed E-state index contributed by atoms with van der Waals surface area (Å²) in [5, 5.41) is 14.4. The number of carbonyl (C=O) groups excluding carboxylic acids is 3. The van der Waals surface area contributed by atoms with Crippen LogP contribution in [0.15, 0.2) is 36.0 Å². The highest BCUT2D eigenvalue weighted by Crippen LogP contribution is 2.16. The van der Waals surface area contributed by atoms with Crippen molar-refractivity contribution in [2.75, 3.05) is 21.3 Å². The molecule has 0 radical (unpaired) electrons. The molecule has 0 amide bonds. The minimum atomic E-state index is -1.33. The number of methoxy groups -OCH3 is 2. The topological polar surface area (TPSA) is 188 Å². The fourth-order valence-corrected chi connectivity index (χ4v) is 2.39. The van der Waals surface area contributed by atoms with Crippen LogP contribution >= 0.6 is 0 Å². The van der Waals surface area contributed by atoms with Crippen molar-refractivity contribution < 1.29 is 65.2 Å². The van der Waals surface area contributed by atoms with Gasteiger partial charge in [-0.25, -0.2) is 31.1 Å². The lowest BCUT2D eigenvalue weighted by molar-refractivity contribution is -0.143. The molecule has 0 aliphatic heterocycles. The standard InChI is InChI=1S/C11H10F3NO2.C11H9F3O3.C2H4O2.CH4O.H3N/c2*1-17-11(16)4-7(15)2-6-3-9(13)10(14)5-8(6)12;1-2(3)4;1-2;/h3-5H,2,15H2,1H3;3,5H,2,4H2,1H3;1H3,(H,3,4);2H,1H3;1H3/b7-4-;;;;. The maximum atomic E-state index is 13.2. The molecule has 41 heavy (non-hydrogen) atoms. The Morgan fingerprint density at radius 3 is 1.49 bits per heavy atom. The number of hydrogen-bond acceptors (Lipinski definition) is 9. The van der Waals surface area contributed by atoms with Gasteiger partial charge >= 0.3 is 11.9 Å². The van der Waals surface area contributed by atoms with Crippen molar-refractivity contribution in [3.63, 3.8) is 0 Å². The summed E-state index contributed by atoms with van der Waals surface area (Å²) >= 11 is 0. The van der Waals surface area contributed by atoms with Crippen molar-refractivity contribution in [3.05, 3.63) is 82.1 Å². The summed E-state index contributed by atoms with van der Waals surface area (Å²) in [5.41, 5.74) is 4.97. The number of nitrogens with two attached hydrogens (primary N) is 1. The molecule has 0 aliphatic carbocycles. The molecule has 7 N–H and O–H groups in total. The highest BCUT2D eigenvalue weighted by Gasteiger charge is 2.15. The fraction of sp³-hybridized carbons (Fsp3) is 0.280. The molecular weight excluding hydrogens is 570 g/mol. The zero-order valence-corrected chi connectivity index (χ0v) is 22.4. The Morgan fingerprint density at radius 2 is 1.12 bits per heavy atom. The van der Waals surface area contributed by atoms with E-state index in [1.807, 2.05) is 0 Å². The minimum Gasteiger partial charge on any atom is -0.481 e. The summed E-state index contributed by atoms with van der Waals surface area (Å²) in [6.07, 6.45) is -0.286. The van der Waals surface area contributed by atoms with E-state index in [-0.39, 0.29) is 29.4 Å². The molecule has 0 bridgehead atoms. The first kappa shape index (κ1) is 41.0. The summed E-state index contributed by atoms with van der Waals surface area (Å²) in [5.74, 6) is -9.91. The third-order valence-corrected chi connectivity index (χ3v) is 4.03. The summed E-state index contributed by atoms with van der Waals surface area (Å²) in [6.45, 7) is 1.08. The molecular formula is C25H30F6N2O8. The lowest BCUT2D eigenvalue weighted by atomic mass is 10.1. The van der Waals surface area contributed by atoms with Crippen molar-refractivity contribution in [2.45, 2.75) is 26.2 Å². The van der Waals surface area contributed by atoms with Gasteiger partial charge in [-0.2, -0.15) is 0 Å². The molecule has 0 unspecified atom stereocenters. The molecule has 0 atom stereocenters. The van der Waals surface area contributed by atoms with Gasteiger partial charge in [0.2, 0.25) is 0 Å². The number of rotatable bonds is 7. The second-order valence-electron chi connectivity index (χ2n) is 7.12. The van der Waals surface area contributed by atoms with Crippen LogP contribution in [0.1, 0.15) is 24.5 Å².